The number of rotatable bonds is 13. The van der Waals surface area contributed by atoms with Crippen LogP contribution in [-0.2, 0) is 31.7 Å². The van der Waals surface area contributed by atoms with Gasteiger partial charge in [0.2, 0.25) is 3.79 Å². The van der Waals surface area contributed by atoms with Crippen LogP contribution in [0, 0.1) is 0 Å². The van der Waals surface area contributed by atoms with Gasteiger partial charge in [-0.05, 0) is 23.8 Å². The number of aliphatic hydroxyl groups is 1. The molecule has 0 aliphatic carbocycles. The van der Waals surface area contributed by atoms with Crippen molar-refractivity contribution in [2.24, 2.45) is 0 Å². The predicted molar refractivity (Wildman–Crippen MR) is 171 cm³/mol. The molecule has 2 aromatic carbocycles. The normalized spacial score (nSPS) is 19.8. The van der Waals surface area contributed by atoms with Gasteiger partial charge in [-0.15, -0.1) is 0 Å². The van der Waals surface area contributed by atoms with Gasteiger partial charge in [0.15, 0.2) is 24.4 Å². The first-order chi connectivity index (χ1) is 19.7. The van der Waals surface area contributed by atoms with Gasteiger partial charge in [0.05, 0.1) is 39.6 Å². The quantitative estimate of drug-likeness (QED) is 0.171. The van der Waals surface area contributed by atoms with Crippen LogP contribution in [0.5, 0.6) is 23.0 Å². The fourth-order valence-corrected chi connectivity index (χ4v) is 4.99. The number of esters is 1. The van der Waals surface area contributed by atoms with Crippen LogP contribution in [0.4, 0.5) is 0 Å². The highest BCUT2D eigenvalue weighted by Crippen LogP contribution is 2.36. The number of hydrogen-bond acceptors (Lipinski definition) is 12. The smallest absolute Gasteiger partial charge is 0.343 e. The number of methoxy groups -OCH3 is 4. The summed E-state index contributed by atoms with van der Waals surface area (Å²) in [6.45, 7) is 0.491. The molecule has 1 aliphatic heterocycles. The molecule has 0 radical (unpaired) electrons. The van der Waals surface area contributed by atoms with Crippen molar-refractivity contribution in [1.82, 2.24) is 0 Å². The summed E-state index contributed by atoms with van der Waals surface area (Å²) in [5.41, 5.74) is 1.30. The first kappa shape index (κ1) is 36.0. The largest absolute Gasteiger partial charge is 0.496 e. The van der Waals surface area contributed by atoms with E-state index in [2.05, 4.69) is 4.74 Å². The standard InChI is InChI=1S/C19H19IO7.C7H12I2O5/c1-23-15-9-17(16(24-2)8-14(15)19(20)22)27-10-12-4-6-13(7-5-12)26-11-18(21)25-3;1-11-6-2-4(10)7(14-9)5(13-6)3-12-8/h4-9H,10-11H2,1-3H3;4-7,10H,2-3H2,1H3/t;4-,5-,6+,7+/m.1/s1. The number of halogens is 3. The molecule has 1 saturated heterocycles. The zero-order valence-corrected chi connectivity index (χ0v) is 29.1. The van der Waals surface area contributed by atoms with Gasteiger partial charge in [-0.2, -0.15) is 0 Å². The molecular formula is C26H31I3O12. The van der Waals surface area contributed by atoms with Crippen molar-refractivity contribution in [1.29, 1.82) is 0 Å². The van der Waals surface area contributed by atoms with E-state index in [9.17, 15) is 14.7 Å². The summed E-state index contributed by atoms with van der Waals surface area (Å²) in [6.07, 6.45) is -1.21. The Morgan fingerprint density at radius 1 is 0.976 bits per heavy atom. The van der Waals surface area contributed by atoms with Crippen molar-refractivity contribution in [3.8, 4) is 23.0 Å². The molecule has 4 atom stereocenters. The minimum Gasteiger partial charge on any atom is -0.496 e. The second-order valence-corrected chi connectivity index (χ2v) is 10.4. The third kappa shape index (κ3) is 11.4. The molecule has 0 unspecified atom stereocenters. The molecule has 15 heteroatoms. The van der Waals surface area contributed by atoms with Gasteiger partial charge >= 0.3 is 5.97 Å². The Morgan fingerprint density at radius 3 is 2.20 bits per heavy atom. The topological polar surface area (TPSA) is 137 Å². The third-order valence-corrected chi connectivity index (χ3v) is 7.23. The number of benzene rings is 2. The van der Waals surface area contributed by atoms with Crippen molar-refractivity contribution in [3.05, 3.63) is 47.5 Å². The Bertz CT molecular complexity index is 1100. The Morgan fingerprint density at radius 2 is 1.66 bits per heavy atom. The lowest BCUT2D eigenvalue weighted by Crippen LogP contribution is -2.50. The van der Waals surface area contributed by atoms with E-state index in [0.29, 0.717) is 41.6 Å². The minimum absolute atomic E-state index is 0.148. The Kier molecular flexibility index (Phi) is 16.8. The van der Waals surface area contributed by atoms with Gasteiger partial charge in [0.1, 0.15) is 76.3 Å². The molecule has 1 aliphatic rings. The second-order valence-electron chi connectivity index (χ2n) is 8.25. The molecule has 2 aromatic rings. The van der Waals surface area contributed by atoms with Gasteiger partial charge < -0.3 is 44.4 Å². The number of carbonyl (C=O) groups excluding carboxylic acids is 2. The lowest BCUT2D eigenvalue weighted by Gasteiger charge is -2.36. The number of hydrogen-bond donors (Lipinski definition) is 1. The fourth-order valence-electron chi connectivity index (χ4n) is 3.55. The van der Waals surface area contributed by atoms with E-state index in [1.165, 1.54) is 21.3 Å². The molecule has 1 N–H and O–H groups in total. The van der Waals surface area contributed by atoms with E-state index in [4.69, 9.17) is 34.6 Å². The van der Waals surface area contributed by atoms with Crippen LogP contribution in [0.1, 0.15) is 22.3 Å². The first-order valence-corrected chi connectivity index (χ1v) is 14.8. The summed E-state index contributed by atoms with van der Waals surface area (Å²) < 4.78 is 46.6. The molecular weight excluding hydrogens is 885 g/mol. The molecule has 3 rings (SSSR count). The summed E-state index contributed by atoms with van der Waals surface area (Å²) in [5.74, 6) is 1.41. The van der Waals surface area contributed by atoms with E-state index >= 15 is 0 Å². The van der Waals surface area contributed by atoms with E-state index in [0.717, 1.165) is 5.56 Å². The average molecular weight is 916 g/mol. The number of carbonyl (C=O) groups is 2. The van der Waals surface area contributed by atoms with Crippen LogP contribution in [-0.4, -0.2) is 81.1 Å². The lowest BCUT2D eigenvalue weighted by molar-refractivity contribution is -0.235. The molecule has 1 fully saturated rings. The third-order valence-electron chi connectivity index (χ3n) is 5.70. The molecule has 0 bridgehead atoms. The van der Waals surface area contributed by atoms with Crippen molar-refractivity contribution in [3.63, 3.8) is 0 Å². The van der Waals surface area contributed by atoms with Gasteiger partial charge in [-0.1, -0.05) is 12.1 Å². The molecule has 0 amide bonds. The van der Waals surface area contributed by atoms with Gasteiger partial charge in [-0.3, -0.25) is 4.79 Å². The molecule has 1 heterocycles. The Balaban J connectivity index is 0.000000353. The molecule has 12 nitrogen and oxygen atoms in total. The Labute approximate surface area is 280 Å². The highest BCUT2D eigenvalue weighted by atomic mass is 127. The highest BCUT2D eigenvalue weighted by Gasteiger charge is 2.38. The van der Waals surface area contributed by atoms with Crippen molar-refractivity contribution in [2.75, 3.05) is 41.7 Å². The summed E-state index contributed by atoms with van der Waals surface area (Å²) in [4.78, 5) is 22.8. The second kappa shape index (κ2) is 19.1. The molecule has 0 spiro atoms. The average Bonchev–Trinajstić information content (AvgIpc) is 2.98. The molecule has 0 aromatic heterocycles. The molecule has 41 heavy (non-hydrogen) atoms. The van der Waals surface area contributed by atoms with Gasteiger partial charge in [-0.25, -0.2) is 4.79 Å². The van der Waals surface area contributed by atoms with Crippen LogP contribution in [0.15, 0.2) is 36.4 Å². The Hall–Kier alpha value is -1.23. The van der Waals surface area contributed by atoms with E-state index in [1.54, 1.807) is 100.0 Å². The minimum atomic E-state index is -0.581. The van der Waals surface area contributed by atoms with E-state index < -0.39 is 12.1 Å². The number of aliphatic hydroxyl groups excluding tert-OH is 1. The summed E-state index contributed by atoms with van der Waals surface area (Å²) in [5, 5.41) is 9.72. The fraction of sp³-hybridized carbons (Fsp3) is 0.462. The summed E-state index contributed by atoms with van der Waals surface area (Å²) >= 11 is 5.23. The van der Waals surface area contributed by atoms with Crippen LogP contribution in [0.25, 0.3) is 0 Å². The highest BCUT2D eigenvalue weighted by molar-refractivity contribution is 14.1. The van der Waals surface area contributed by atoms with Crippen LogP contribution in [0.3, 0.4) is 0 Å². The van der Waals surface area contributed by atoms with Crippen molar-refractivity contribution in [2.45, 2.75) is 37.6 Å². The zero-order chi connectivity index (χ0) is 30.4. The van der Waals surface area contributed by atoms with Gasteiger partial charge in [0.25, 0.3) is 0 Å². The van der Waals surface area contributed by atoms with Crippen LogP contribution < -0.4 is 18.9 Å². The first-order valence-electron chi connectivity index (χ1n) is 12.0. The van der Waals surface area contributed by atoms with Gasteiger partial charge in [0, 0.05) is 42.2 Å². The van der Waals surface area contributed by atoms with Crippen molar-refractivity contribution >= 4 is 78.4 Å². The number of ether oxygens (including phenoxy) is 7. The monoisotopic (exact) mass is 916 g/mol. The summed E-state index contributed by atoms with van der Waals surface area (Å²) in [6, 6.07) is 10.3. The SMILES string of the molecule is COC(=O)COc1ccc(COc2cc(OC)c(C(=O)I)cc2OC)cc1.CO[C@@H]1C[C@@H](O)[C@H](OI)[C@@H](COI)O1. The van der Waals surface area contributed by atoms with Crippen LogP contribution in [0.2, 0.25) is 0 Å². The van der Waals surface area contributed by atoms with Crippen molar-refractivity contribution < 1.29 is 54.0 Å². The summed E-state index contributed by atoms with van der Waals surface area (Å²) in [7, 11) is 5.84. The maximum Gasteiger partial charge on any atom is 0.343 e. The maximum absolute atomic E-state index is 11.7. The van der Waals surface area contributed by atoms with E-state index in [-0.39, 0.29) is 35.5 Å². The maximum atomic E-state index is 11.7. The van der Waals surface area contributed by atoms with Crippen LogP contribution >= 0.6 is 68.6 Å². The van der Waals surface area contributed by atoms with E-state index in [1.807, 2.05) is 12.1 Å². The molecule has 0 saturated carbocycles. The molecule has 228 valence electrons. The lowest BCUT2D eigenvalue weighted by atomic mass is 10.0. The zero-order valence-electron chi connectivity index (χ0n) is 22.7. The predicted octanol–water partition coefficient (Wildman–Crippen LogP) is 4.62.